The molecule has 25 heavy (non-hydrogen) atoms. The fourth-order valence-electron chi connectivity index (χ4n) is 2.02. The number of hydrogen-bond donors (Lipinski definition) is 1. The number of rotatable bonds is 7. The predicted octanol–water partition coefficient (Wildman–Crippen LogP) is 2.45. The van der Waals surface area contributed by atoms with E-state index in [2.05, 4.69) is 10.3 Å². The van der Waals surface area contributed by atoms with Gasteiger partial charge in [-0.1, -0.05) is 5.21 Å². The highest BCUT2D eigenvalue weighted by Gasteiger charge is 2.05. The van der Waals surface area contributed by atoms with Gasteiger partial charge in [0.1, 0.15) is 29.6 Å². The summed E-state index contributed by atoms with van der Waals surface area (Å²) < 4.78 is 25.1. The lowest BCUT2D eigenvalue weighted by Crippen LogP contribution is -2.09. The molecule has 0 bridgehead atoms. The average Bonchev–Trinajstić information content (AvgIpc) is 3.08. The Kier molecular flexibility index (Phi) is 4.89. The van der Waals surface area contributed by atoms with Crippen LogP contribution in [-0.4, -0.2) is 32.7 Å². The first-order valence-electron chi connectivity index (χ1n) is 7.35. The van der Waals surface area contributed by atoms with E-state index in [4.69, 9.17) is 14.6 Å². The Morgan fingerprint density at radius 2 is 1.68 bits per heavy atom. The summed E-state index contributed by atoms with van der Waals surface area (Å²) in [4.78, 5) is 10.4. The van der Waals surface area contributed by atoms with Crippen molar-refractivity contribution in [3.05, 3.63) is 66.2 Å². The van der Waals surface area contributed by atoms with Gasteiger partial charge in [0, 0.05) is 0 Å². The zero-order chi connectivity index (χ0) is 17.6. The average molecular weight is 343 g/mol. The summed E-state index contributed by atoms with van der Waals surface area (Å²) in [6, 6.07) is 12.5. The molecule has 0 fully saturated rings. The molecular formula is C17H14FN3O4. The van der Waals surface area contributed by atoms with Gasteiger partial charge in [-0.3, -0.25) is 0 Å². The van der Waals surface area contributed by atoms with E-state index in [1.165, 1.54) is 16.8 Å². The van der Waals surface area contributed by atoms with Crippen LogP contribution in [0.4, 0.5) is 4.39 Å². The van der Waals surface area contributed by atoms with Gasteiger partial charge in [0.25, 0.3) is 0 Å². The van der Waals surface area contributed by atoms with Crippen LogP contribution in [0.3, 0.4) is 0 Å². The second kappa shape index (κ2) is 7.43. The number of carbonyl (C=O) groups is 1. The topological polar surface area (TPSA) is 86.5 Å². The van der Waals surface area contributed by atoms with E-state index >= 15 is 0 Å². The molecular weight excluding hydrogens is 329 g/mol. The molecule has 0 saturated carbocycles. The minimum absolute atomic E-state index is 0.205. The van der Waals surface area contributed by atoms with Crippen molar-refractivity contribution in [2.45, 2.75) is 6.61 Å². The normalized spacial score (nSPS) is 10.4. The number of aliphatic carboxylic acids is 1. The molecule has 7 nitrogen and oxygen atoms in total. The molecule has 3 rings (SSSR count). The molecule has 128 valence electrons. The number of halogens is 1. The third kappa shape index (κ3) is 4.54. The molecule has 3 aromatic rings. The Morgan fingerprint density at radius 3 is 2.32 bits per heavy atom. The summed E-state index contributed by atoms with van der Waals surface area (Å²) in [7, 11) is 0. The highest BCUT2D eigenvalue weighted by Crippen LogP contribution is 2.18. The molecule has 1 aromatic heterocycles. The van der Waals surface area contributed by atoms with Gasteiger partial charge in [-0.2, -0.15) is 0 Å². The fourth-order valence-corrected chi connectivity index (χ4v) is 2.02. The Bertz CT molecular complexity index is 847. The molecule has 0 unspecified atom stereocenters. The Hall–Kier alpha value is -3.42. The van der Waals surface area contributed by atoms with Gasteiger partial charge in [0.15, 0.2) is 6.61 Å². The second-order valence-corrected chi connectivity index (χ2v) is 5.07. The molecule has 0 aliphatic carbocycles. The SMILES string of the molecule is O=C(O)COc1ccc(OCc2cn(-c3ccc(F)cc3)nn2)cc1. The van der Waals surface area contributed by atoms with Crippen molar-refractivity contribution in [1.29, 1.82) is 0 Å². The summed E-state index contributed by atoms with van der Waals surface area (Å²) in [6.45, 7) is -0.191. The molecule has 0 amide bonds. The number of carboxylic acid groups (broad SMARTS) is 1. The lowest BCUT2D eigenvalue weighted by molar-refractivity contribution is -0.139. The first-order valence-corrected chi connectivity index (χ1v) is 7.35. The first kappa shape index (κ1) is 16.4. The Balaban J connectivity index is 1.57. The molecule has 0 aliphatic heterocycles. The largest absolute Gasteiger partial charge is 0.487 e. The maximum atomic E-state index is 12.9. The quantitative estimate of drug-likeness (QED) is 0.709. The lowest BCUT2D eigenvalue weighted by atomic mass is 10.3. The van der Waals surface area contributed by atoms with Crippen LogP contribution < -0.4 is 9.47 Å². The second-order valence-electron chi connectivity index (χ2n) is 5.07. The van der Waals surface area contributed by atoms with E-state index in [0.29, 0.717) is 22.9 Å². The number of hydrogen-bond acceptors (Lipinski definition) is 5. The monoisotopic (exact) mass is 343 g/mol. The molecule has 1 heterocycles. The molecule has 8 heteroatoms. The maximum absolute atomic E-state index is 12.9. The van der Waals surface area contributed by atoms with Crippen LogP contribution in [0.2, 0.25) is 0 Å². The van der Waals surface area contributed by atoms with E-state index in [9.17, 15) is 9.18 Å². The smallest absolute Gasteiger partial charge is 0.341 e. The van der Waals surface area contributed by atoms with Crippen LogP contribution in [0.5, 0.6) is 11.5 Å². The highest BCUT2D eigenvalue weighted by atomic mass is 19.1. The molecule has 0 aliphatic rings. The molecule has 1 N–H and O–H groups in total. The zero-order valence-corrected chi connectivity index (χ0v) is 13.0. The number of benzene rings is 2. The maximum Gasteiger partial charge on any atom is 0.341 e. The van der Waals surface area contributed by atoms with Crippen molar-refractivity contribution < 1.29 is 23.8 Å². The van der Waals surface area contributed by atoms with E-state index in [1.54, 1.807) is 42.6 Å². The summed E-state index contributed by atoms with van der Waals surface area (Å²) in [5, 5.41) is 16.5. The summed E-state index contributed by atoms with van der Waals surface area (Å²) in [5.41, 5.74) is 1.30. The number of aromatic nitrogens is 3. The van der Waals surface area contributed by atoms with Crippen molar-refractivity contribution in [3.63, 3.8) is 0 Å². The minimum atomic E-state index is -1.04. The van der Waals surface area contributed by atoms with Crippen LogP contribution in [0.15, 0.2) is 54.7 Å². The van der Waals surface area contributed by atoms with Gasteiger partial charge in [-0.15, -0.1) is 5.10 Å². The van der Waals surface area contributed by atoms with Crippen LogP contribution in [0, 0.1) is 5.82 Å². The van der Waals surface area contributed by atoms with Gasteiger partial charge < -0.3 is 14.6 Å². The van der Waals surface area contributed by atoms with Crippen LogP contribution in [0.25, 0.3) is 5.69 Å². The van der Waals surface area contributed by atoms with Crippen LogP contribution in [-0.2, 0) is 11.4 Å². The van der Waals surface area contributed by atoms with Gasteiger partial charge in [-0.05, 0) is 48.5 Å². The Morgan fingerprint density at radius 1 is 1.04 bits per heavy atom. The van der Waals surface area contributed by atoms with Crippen molar-refractivity contribution >= 4 is 5.97 Å². The van der Waals surface area contributed by atoms with Gasteiger partial charge in [-0.25, -0.2) is 13.9 Å². The fraction of sp³-hybridized carbons (Fsp3) is 0.118. The molecule has 0 spiro atoms. The van der Waals surface area contributed by atoms with Crippen LogP contribution in [0.1, 0.15) is 5.69 Å². The van der Waals surface area contributed by atoms with E-state index in [1.807, 2.05) is 0 Å². The zero-order valence-electron chi connectivity index (χ0n) is 13.0. The van der Waals surface area contributed by atoms with E-state index in [-0.39, 0.29) is 12.4 Å². The predicted molar refractivity (Wildman–Crippen MR) is 85.2 cm³/mol. The number of nitrogens with zero attached hydrogens (tertiary/aromatic N) is 3. The lowest BCUT2D eigenvalue weighted by Gasteiger charge is -2.06. The highest BCUT2D eigenvalue weighted by molar-refractivity contribution is 5.68. The van der Waals surface area contributed by atoms with E-state index in [0.717, 1.165) is 0 Å². The van der Waals surface area contributed by atoms with E-state index < -0.39 is 12.6 Å². The third-order valence-electron chi connectivity index (χ3n) is 3.20. The number of ether oxygens (including phenoxy) is 2. The molecule has 0 atom stereocenters. The van der Waals surface area contributed by atoms with Crippen molar-refractivity contribution in [3.8, 4) is 17.2 Å². The molecule has 0 saturated heterocycles. The van der Waals surface area contributed by atoms with Crippen LogP contribution >= 0.6 is 0 Å². The first-order chi connectivity index (χ1) is 12.1. The number of carboxylic acids is 1. The van der Waals surface area contributed by atoms with Crippen molar-refractivity contribution in [2.24, 2.45) is 0 Å². The third-order valence-corrected chi connectivity index (χ3v) is 3.20. The minimum Gasteiger partial charge on any atom is -0.487 e. The van der Waals surface area contributed by atoms with Gasteiger partial charge in [0.2, 0.25) is 0 Å². The Labute approximate surface area is 142 Å². The van der Waals surface area contributed by atoms with Crippen molar-refractivity contribution in [2.75, 3.05) is 6.61 Å². The van der Waals surface area contributed by atoms with Crippen molar-refractivity contribution in [1.82, 2.24) is 15.0 Å². The summed E-state index contributed by atoms with van der Waals surface area (Å²) in [6.07, 6.45) is 1.69. The summed E-state index contributed by atoms with van der Waals surface area (Å²) >= 11 is 0. The molecule has 2 aromatic carbocycles. The standard InChI is InChI=1S/C17H14FN3O4/c18-12-1-3-14(4-2-12)21-9-13(19-20-21)10-24-15-5-7-16(8-6-15)25-11-17(22)23/h1-9H,10-11H2,(H,22,23). The van der Waals surface area contributed by atoms with Gasteiger partial charge in [0.05, 0.1) is 11.9 Å². The molecule has 0 radical (unpaired) electrons. The van der Waals surface area contributed by atoms with Gasteiger partial charge >= 0.3 is 5.97 Å². The summed E-state index contributed by atoms with van der Waals surface area (Å²) in [5.74, 6) is -0.330.